The van der Waals surface area contributed by atoms with Crippen LogP contribution < -0.4 is 5.32 Å². The first-order valence-electron chi connectivity index (χ1n) is 20.4. The molecule has 6 rings (SSSR count). The molecule has 0 spiro atoms. The summed E-state index contributed by atoms with van der Waals surface area (Å²) in [6, 6.07) is 18.4. The van der Waals surface area contributed by atoms with E-state index in [1.165, 1.54) is 5.56 Å². The van der Waals surface area contributed by atoms with E-state index in [1.807, 2.05) is 87.6 Å². The Balaban J connectivity index is 0.000000189. The molecule has 0 aliphatic heterocycles. The smallest absolute Gasteiger partial charge is 0.205 e. The molecule has 3 N–H and O–H groups in total. The molecule has 3 aromatic carbocycles. The van der Waals surface area contributed by atoms with Crippen LogP contribution in [0.2, 0.25) is 0 Å². The van der Waals surface area contributed by atoms with Gasteiger partial charge in [-0.25, -0.2) is 15.0 Å². The fourth-order valence-corrected chi connectivity index (χ4v) is 6.70. The van der Waals surface area contributed by atoms with Crippen LogP contribution in [0.1, 0.15) is 160 Å². The summed E-state index contributed by atoms with van der Waals surface area (Å²) in [5, 5.41) is 3.45. The minimum atomic E-state index is -0.610. The van der Waals surface area contributed by atoms with Crippen molar-refractivity contribution < 1.29 is 7.16 Å². The van der Waals surface area contributed by atoms with Crippen molar-refractivity contribution in [3.63, 3.8) is 0 Å². The second-order valence-corrected chi connectivity index (χ2v) is 22.4. The van der Waals surface area contributed by atoms with E-state index in [0.29, 0.717) is 0 Å². The number of aromatic amines is 2. The first kappa shape index (κ1) is 41.4. The van der Waals surface area contributed by atoms with Crippen molar-refractivity contribution in [2.24, 2.45) is 0 Å². The number of imidazole rings is 2. The van der Waals surface area contributed by atoms with Gasteiger partial charge in [0.25, 0.3) is 0 Å². The molecule has 0 saturated carbocycles. The summed E-state index contributed by atoms with van der Waals surface area (Å²) in [6.07, 6.45) is 0. The Kier molecular flexibility index (Phi) is 13.5. The molecule has 6 aromatic rings. The lowest BCUT2D eigenvalue weighted by Crippen LogP contribution is -2.35. The molecule has 0 fully saturated rings. The number of nitrogens with zero attached hydrogens (tertiary/aromatic N) is 3. The van der Waals surface area contributed by atoms with Gasteiger partial charge in [-0.1, -0.05) is 108 Å². The van der Waals surface area contributed by atoms with Crippen LogP contribution in [0.25, 0.3) is 33.2 Å². The SMILES string of the molecule is CC(C)(C)NCc1nc2ccc(C(C)(C)C)cc2[nH]1.[3H]C(C)(C)c1ccc2nc(CSC(C)(C)C)[nH]c2c1.[3H]C(C)(C)c1ccc2nc(CSC(C)(C)C)oc2c1. The van der Waals surface area contributed by atoms with Gasteiger partial charge in [-0.3, -0.25) is 0 Å². The van der Waals surface area contributed by atoms with Gasteiger partial charge in [-0.15, -0.1) is 23.5 Å². The average Bonchev–Trinajstić information content (AvgIpc) is 3.78. The third-order valence-corrected chi connectivity index (χ3v) is 11.1. The van der Waals surface area contributed by atoms with Gasteiger partial charge in [0.1, 0.15) is 17.2 Å². The highest BCUT2D eigenvalue weighted by Crippen LogP contribution is 2.30. The number of fused-ring (bicyclic) bond motifs is 3. The van der Waals surface area contributed by atoms with Gasteiger partial charge in [0.05, 0.1) is 40.1 Å². The van der Waals surface area contributed by atoms with Gasteiger partial charge in [0.15, 0.2) is 5.58 Å². The minimum Gasteiger partial charge on any atom is -0.440 e. The number of hydrogen-bond acceptors (Lipinski definition) is 7. The molecule has 0 unspecified atom stereocenters. The summed E-state index contributed by atoms with van der Waals surface area (Å²) in [6.45, 7) is 34.7. The molecule has 0 amide bonds. The first-order chi connectivity index (χ1) is 25.9. The largest absolute Gasteiger partial charge is 0.440 e. The number of thioether (sulfide) groups is 2. The lowest BCUT2D eigenvalue weighted by atomic mass is 9.87. The predicted octanol–water partition coefficient (Wildman–Crippen LogP) is 13.4. The van der Waals surface area contributed by atoms with Crippen molar-refractivity contribution >= 4 is 56.7 Å². The van der Waals surface area contributed by atoms with Crippen molar-refractivity contribution in [3.8, 4) is 0 Å². The Labute approximate surface area is 342 Å². The van der Waals surface area contributed by atoms with Gasteiger partial charge < -0.3 is 19.7 Å². The number of nitrogens with one attached hydrogen (secondary N) is 3. The summed E-state index contributed by atoms with van der Waals surface area (Å²) in [4.78, 5) is 20.5. The van der Waals surface area contributed by atoms with Crippen LogP contribution in [0.4, 0.5) is 0 Å². The molecule has 300 valence electrons. The standard InChI is InChI=1S/C16H25N3.C15H22N2S.C15H21NOS/c1-15(2,3)11-7-8-12-13(9-11)19-14(18-12)10-17-16(4,5)6;2*1-10(2)11-6-7-12-13(8-11)17-14(16-12)9-18-15(3,4)5/h7-9,17H,10H2,1-6H3,(H,18,19);6-8,10H,9H2,1-5H3,(H,16,17);6-8,10H,9H2,1-5H3/i;2*10T. The van der Waals surface area contributed by atoms with Crippen molar-refractivity contribution in [3.05, 3.63) is 88.8 Å². The summed E-state index contributed by atoms with van der Waals surface area (Å²) in [7, 11) is 0. The lowest BCUT2D eigenvalue weighted by molar-refractivity contribution is 0.419. The van der Waals surface area contributed by atoms with Crippen LogP contribution in [0.15, 0.2) is 59.0 Å². The Bertz CT molecular complexity index is 1980. The molecule has 0 aliphatic carbocycles. The quantitative estimate of drug-likeness (QED) is 0.141. The molecule has 0 saturated heterocycles. The molecular formula is C46H68N6OS2. The van der Waals surface area contributed by atoms with Gasteiger partial charge in [0.2, 0.25) is 5.89 Å². The van der Waals surface area contributed by atoms with E-state index in [9.17, 15) is 0 Å². The monoisotopic (exact) mass is 789 g/mol. The van der Waals surface area contributed by atoms with Crippen molar-refractivity contribution in [2.45, 2.75) is 161 Å². The average molecular weight is 789 g/mol. The van der Waals surface area contributed by atoms with Crippen molar-refractivity contribution in [1.29, 1.82) is 0 Å². The maximum absolute atomic E-state index is 8.08. The fraction of sp³-hybridized carbons (Fsp3) is 0.543. The van der Waals surface area contributed by atoms with Crippen LogP contribution in [-0.4, -0.2) is 40.0 Å². The third kappa shape index (κ3) is 14.3. The van der Waals surface area contributed by atoms with Crippen molar-refractivity contribution in [1.82, 2.24) is 30.2 Å². The lowest BCUT2D eigenvalue weighted by Gasteiger charge is -2.19. The van der Waals surface area contributed by atoms with E-state index in [-0.39, 0.29) is 20.4 Å². The molecule has 3 aromatic heterocycles. The molecule has 0 aliphatic rings. The van der Waals surface area contributed by atoms with Crippen LogP contribution >= 0.6 is 23.5 Å². The zero-order valence-corrected chi connectivity index (χ0v) is 38.0. The van der Waals surface area contributed by atoms with Crippen LogP contribution in [-0.2, 0) is 23.5 Å². The normalized spacial score (nSPS) is 13.7. The van der Waals surface area contributed by atoms with E-state index in [4.69, 9.17) is 7.16 Å². The Morgan fingerprint density at radius 1 is 0.636 bits per heavy atom. The summed E-state index contributed by atoms with van der Waals surface area (Å²) >= 11 is 3.70. The van der Waals surface area contributed by atoms with Gasteiger partial charge in [0, 0.05) is 17.8 Å². The van der Waals surface area contributed by atoms with Crippen LogP contribution in [0.3, 0.4) is 0 Å². The highest BCUT2D eigenvalue weighted by molar-refractivity contribution is 8.00. The zero-order chi connectivity index (χ0) is 42.8. The maximum Gasteiger partial charge on any atom is 0.205 e. The number of aromatic nitrogens is 5. The van der Waals surface area contributed by atoms with E-state index in [0.717, 1.165) is 79.9 Å². The van der Waals surface area contributed by atoms with E-state index >= 15 is 0 Å². The summed E-state index contributed by atoms with van der Waals surface area (Å²) in [5.41, 5.74) is 9.40. The van der Waals surface area contributed by atoms with Gasteiger partial charge >= 0.3 is 0 Å². The highest BCUT2D eigenvalue weighted by atomic mass is 32.2. The maximum atomic E-state index is 8.08. The highest BCUT2D eigenvalue weighted by Gasteiger charge is 2.17. The van der Waals surface area contributed by atoms with E-state index in [1.54, 1.807) is 0 Å². The molecule has 0 atom stereocenters. The first-order valence-corrected chi connectivity index (χ1v) is 21.3. The molecule has 9 heteroatoms. The summed E-state index contributed by atoms with van der Waals surface area (Å²) < 4.78 is 22.4. The second kappa shape index (κ2) is 17.9. The van der Waals surface area contributed by atoms with E-state index in [2.05, 4.69) is 132 Å². The predicted molar refractivity (Wildman–Crippen MR) is 242 cm³/mol. The number of rotatable bonds is 8. The molecule has 7 nitrogen and oxygen atoms in total. The number of hydrogen-bond donors (Lipinski definition) is 3. The molecule has 0 radical (unpaired) electrons. The Hall–Kier alpha value is -3.27. The Morgan fingerprint density at radius 3 is 1.71 bits per heavy atom. The molecular weight excluding hydrogens is 717 g/mol. The van der Waals surface area contributed by atoms with Gasteiger partial charge in [-0.05, 0) is 91.1 Å². The van der Waals surface area contributed by atoms with Crippen LogP contribution in [0, 0.1) is 0 Å². The van der Waals surface area contributed by atoms with Crippen molar-refractivity contribution in [2.75, 3.05) is 0 Å². The third-order valence-electron chi connectivity index (χ3n) is 8.57. The topological polar surface area (TPSA) is 95.4 Å². The number of oxazole rings is 1. The number of H-pyrrole nitrogens is 2. The Morgan fingerprint density at radius 2 is 1.15 bits per heavy atom. The molecule has 55 heavy (non-hydrogen) atoms. The van der Waals surface area contributed by atoms with E-state index < -0.39 is 11.8 Å². The van der Waals surface area contributed by atoms with Crippen LogP contribution in [0.5, 0.6) is 0 Å². The molecule has 3 heterocycles. The zero-order valence-electron chi connectivity index (χ0n) is 38.4. The summed E-state index contributed by atoms with van der Waals surface area (Å²) in [5.74, 6) is 3.25. The van der Waals surface area contributed by atoms with Gasteiger partial charge in [-0.2, -0.15) is 0 Å². The number of benzene rings is 3. The molecule has 0 bridgehead atoms. The fourth-order valence-electron chi connectivity index (χ4n) is 5.31. The minimum absolute atomic E-state index is 0.107. The second-order valence-electron chi connectivity index (χ2n) is 18.8.